The number of hydrogen-bond donors (Lipinski definition) is 2. The molecule has 1 amide bonds. The van der Waals surface area contributed by atoms with E-state index < -0.39 is 0 Å². The van der Waals surface area contributed by atoms with E-state index in [1.165, 1.54) is 0 Å². The highest BCUT2D eigenvalue weighted by Crippen LogP contribution is 2.20. The molecule has 100 valence electrons. The number of rotatable bonds is 2. The van der Waals surface area contributed by atoms with Crippen molar-refractivity contribution < 1.29 is 4.79 Å². The van der Waals surface area contributed by atoms with Crippen LogP contribution in [0.2, 0.25) is 0 Å². The van der Waals surface area contributed by atoms with Gasteiger partial charge >= 0.3 is 0 Å². The first-order valence-corrected chi connectivity index (χ1v) is 6.20. The second kappa shape index (κ2) is 5.45. The number of benzene rings is 2. The Bertz CT molecular complexity index is 714. The Morgan fingerprint density at radius 3 is 2.70 bits per heavy atom. The van der Waals surface area contributed by atoms with Gasteiger partial charge in [0.2, 0.25) is 0 Å². The Kier molecular flexibility index (Phi) is 3.72. The van der Waals surface area contributed by atoms with Crippen molar-refractivity contribution >= 4 is 17.3 Å². The molecular formula is C16H15N3O. The largest absolute Gasteiger partial charge is 0.399 e. The summed E-state index contributed by atoms with van der Waals surface area (Å²) in [6.45, 7) is 3.86. The molecule has 0 aliphatic rings. The van der Waals surface area contributed by atoms with E-state index in [0.717, 1.165) is 11.1 Å². The Labute approximate surface area is 117 Å². The van der Waals surface area contributed by atoms with Gasteiger partial charge in [0.25, 0.3) is 5.91 Å². The van der Waals surface area contributed by atoms with Gasteiger partial charge in [-0.1, -0.05) is 12.1 Å². The average molecular weight is 265 g/mol. The number of carbonyl (C=O) groups excluding carboxylic acids is 1. The van der Waals surface area contributed by atoms with Crippen LogP contribution in [0.15, 0.2) is 36.4 Å². The fourth-order valence-electron chi connectivity index (χ4n) is 1.95. The van der Waals surface area contributed by atoms with Gasteiger partial charge < -0.3 is 11.1 Å². The fourth-order valence-corrected chi connectivity index (χ4v) is 1.95. The lowest BCUT2D eigenvalue weighted by Crippen LogP contribution is -2.14. The molecular weight excluding hydrogens is 250 g/mol. The molecule has 0 heterocycles. The van der Waals surface area contributed by atoms with Crippen molar-refractivity contribution in [3.8, 4) is 6.07 Å². The number of nitrogens with two attached hydrogens (primary N) is 1. The number of carbonyl (C=O) groups is 1. The zero-order valence-corrected chi connectivity index (χ0v) is 11.4. The van der Waals surface area contributed by atoms with E-state index in [4.69, 9.17) is 11.0 Å². The molecule has 0 radical (unpaired) electrons. The lowest BCUT2D eigenvalue weighted by atomic mass is 10.0. The Morgan fingerprint density at radius 2 is 2.00 bits per heavy atom. The minimum atomic E-state index is -0.229. The summed E-state index contributed by atoms with van der Waals surface area (Å²) >= 11 is 0. The molecule has 0 saturated heterocycles. The minimum Gasteiger partial charge on any atom is -0.399 e. The van der Waals surface area contributed by atoms with Crippen LogP contribution in [0.4, 0.5) is 11.4 Å². The number of nitriles is 1. The second-order valence-corrected chi connectivity index (χ2v) is 4.62. The van der Waals surface area contributed by atoms with Crippen molar-refractivity contribution in [3.05, 3.63) is 58.7 Å². The smallest absolute Gasteiger partial charge is 0.255 e. The number of nitrogen functional groups attached to an aromatic ring is 1. The summed E-state index contributed by atoms with van der Waals surface area (Å²) in [5.41, 5.74) is 9.52. The quantitative estimate of drug-likeness (QED) is 0.819. The molecule has 2 aromatic rings. The van der Waals surface area contributed by atoms with Crippen LogP contribution in [-0.2, 0) is 0 Å². The van der Waals surface area contributed by atoms with Gasteiger partial charge in [-0.25, -0.2) is 0 Å². The van der Waals surface area contributed by atoms with Gasteiger partial charge in [0.1, 0.15) is 6.07 Å². The summed E-state index contributed by atoms with van der Waals surface area (Å²) in [7, 11) is 0. The predicted molar refractivity (Wildman–Crippen MR) is 79.4 cm³/mol. The summed E-state index contributed by atoms with van der Waals surface area (Å²) < 4.78 is 0. The van der Waals surface area contributed by atoms with E-state index in [-0.39, 0.29) is 5.91 Å². The van der Waals surface area contributed by atoms with Crippen LogP contribution in [0.3, 0.4) is 0 Å². The van der Waals surface area contributed by atoms with Crippen LogP contribution < -0.4 is 11.1 Å². The molecule has 4 heteroatoms. The zero-order valence-electron chi connectivity index (χ0n) is 11.4. The molecule has 0 atom stereocenters. The van der Waals surface area contributed by atoms with Gasteiger partial charge in [-0.15, -0.1) is 0 Å². The maximum atomic E-state index is 12.3. The van der Waals surface area contributed by atoms with Crippen LogP contribution in [0, 0.1) is 25.2 Å². The normalized spacial score (nSPS) is 9.85. The zero-order chi connectivity index (χ0) is 14.7. The SMILES string of the molecule is Cc1cccc(C(=O)Nc2ccc(N)cc2C#N)c1C. The van der Waals surface area contributed by atoms with Crippen molar-refractivity contribution in [2.24, 2.45) is 0 Å². The molecule has 0 bridgehead atoms. The summed E-state index contributed by atoms with van der Waals surface area (Å²) in [5, 5.41) is 11.8. The van der Waals surface area contributed by atoms with Crippen molar-refractivity contribution in [1.29, 1.82) is 5.26 Å². The summed E-state index contributed by atoms with van der Waals surface area (Å²) in [5.74, 6) is -0.229. The third-order valence-corrected chi connectivity index (χ3v) is 3.26. The maximum absolute atomic E-state index is 12.3. The van der Waals surface area contributed by atoms with Crippen molar-refractivity contribution in [2.45, 2.75) is 13.8 Å². The van der Waals surface area contributed by atoms with E-state index in [1.807, 2.05) is 32.0 Å². The minimum absolute atomic E-state index is 0.229. The molecule has 0 unspecified atom stereocenters. The first-order valence-electron chi connectivity index (χ1n) is 6.20. The number of nitrogens with zero attached hydrogens (tertiary/aromatic N) is 1. The first-order chi connectivity index (χ1) is 9.52. The van der Waals surface area contributed by atoms with Crippen molar-refractivity contribution in [1.82, 2.24) is 0 Å². The third kappa shape index (κ3) is 2.62. The highest BCUT2D eigenvalue weighted by molar-refractivity contribution is 6.06. The summed E-state index contributed by atoms with van der Waals surface area (Å²) in [6, 6.07) is 12.4. The van der Waals surface area contributed by atoms with Crippen molar-refractivity contribution in [2.75, 3.05) is 11.1 Å². The molecule has 4 nitrogen and oxygen atoms in total. The molecule has 20 heavy (non-hydrogen) atoms. The molecule has 0 fully saturated rings. The van der Waals surface area contributed by atoms with Gasteiger partial charge in [0, 0.05) is 11.3 Å². The van der Waals surface area contributed by atoms with Crippen LogP contribution in [0.1, 0.15) is 27.0 Å². The van der Waals surface area contributed by atoms with Gasteiger partial charge in [0.15, 0.2) is 0 Å². The van der Waals surface area contributed by atoms with Gasteiger partial charge in [0.05, 0.1) is 11.3 Å². The molecule has 0 aliphatic carbocycles. The average Bonchev–Trinajstić information content (AvgIpc) is 2.43. The summed E-state index contributed by atoms with van der Waals surface area (Å²) in [4.78, 5) is 12.3. The number of nitrogens with one attached hydrogen (secondary N) is 1. The number of amides is 1. The van der Waals surface area contributed by atoms with Crippen LogP contribution in [-0.4, -0.2) is 5.91 Å². The Balaban J connectivity index is 2.33. The monoisotopic (exact) mass is 265 g/mol. The number of anilines is 2. The highest BCUT2D eigenvalue weighted by atomic mass is 16.1. The van der Waals surface area contributed by atoms with Crippen LogP contribution in [0.5, 0.6) is 0 Å². The maximum Gasteiger partial charge on any atom is 0.255 e. The van der Waals surface area contributed by atoms with Gasteiger partial charge in [-0.2, -0.15) is 5.26 Å². The molecule has 0 spiro atoms. The molecule has 3 N–H and O–H groups in total. The predicted octanol–water partition coefficient (Wildman–Crippen LogP) is 3.01. The number of hydrogen-bond acceptors (Lipinski definition) is 3. The van der Waals surface area contributed by atoms with Crippen LogP contribution in [0.25, 0.3) is 0 Å². The number of aryl methyl sites for hydroxylation is 1. The first kappa shape index (κ1) is 13.6. The lowest BCUT2D eigenvalue weighted by molar-refractivity contribution is 0.102. The van der Waals surface area contributed by atoms with E-state index in [9.17, 15) is 4.79 Å². The third-order valence-electron chi connectivity index (χ3n) is 3.26. The topological polar surface area (TPSA) is 78.9 Å². The van der Waals surface area contributed by atoms with E-state index in [0.29, 0.717) is 22.5 Å². The van der Waals surface area contributed by atoms with Gasteiger partial charge in [-0.05, 0) is 49.2 Å². The highest BCUT2D eigenvalue weighted by Gasteiger charge is 2.12. The van der Waals surface area contributed by atoms with E-state index in [1.54, 1.807) is 24.3 Å². The Morgan fingerprint density at radius 1 is 1.25 bits per heavy atom. The van der Waals surface area contributed by atoms with Crippen molar-refractivity contribution in [3.63, 3.8) is 0 Å². The second-order valence-electron chi connectivity index (χ2n) is 4.62. The fraction of sp³-hybridized carbons (Fsp3) is 0.125. The van der Waals surface area contributed by atoms with E-state index >= 15 is 0 Å². The van der Waals surface area contributed by atoms with E-state index in [2.05, 4.69) is 5.32 Å². The standard InChI is InChI=1S/C16H15N3O/c1-10-4-3-5-14(11(10)2)16(20)19-15-7-6-13(18)8-12(15)9-17/h3-8H,18H2,1-2H3,(H,19,20). The molecule has 0 aliphatic heterocycles. The molecule has 2 aromatic carbocycles. The molecule has 0 aromatic heterocycles. The van der Waals surface area contributed by atoms with Gasteiger partial charge in [-0.3, -0.25) is 4.79 Å². The molecule has 0 saturated carbocycles. The van der Waals surface area contributed by atoms with Crippen LogP contribution >= 0.6 is 0 Å². The Hall–Kier alpha value is -2.80. The lowest BCUT2D eigenvalue weighted by Gasteiger charge is -2.10. The molecule has 2 rings (SSSR count). The summed E-state index contributed by atoms with van der Waals surface area (Å²) in [6.07, 6.45) is 0.